The zero-order chi connectivity index (χ0) is 22.9. The number of para-hydroxylation sites is 1. The Bertz CT molecular complexity index is 1480. The van der Waals surface area contributed by atoms with Crippen molar-refractivity contribution in [2.75, 3.05) is 5.32 Å². The summed E-state index contributed by atoms with van der Waals surface area (Å²) in [6.45, 7) is 6.10. The van der Waals surface area contributed by atoms with Crippen molar-refractivity contribution in [2.45, 2.75) is 31.2 Å². The molecule has 2 aromatic heterocycles. The molecule has 1 atom stereocenters. The van der Waals surface area contributed by atoms with Crippen LogP contribution in [0.3, 0.4) is 0 Å². The first-order valence-corrected chi connectivity index (χ1v) is 11.7. The van der Waals surface area contributed by atoms with Gasteiger partial charge in [-0.2, -0.15) is 0 Å². The van der Waals surface area contributed by atoms with E-state index in [0.717, 1.165) is 44.5 Å². The predicted molar refractivity (Wildman–Crippen MR) is 135 cm³/mol. The number of hydrogen-bond donors (Lipinski definition) is 1. The van der Waals surface area contributed by atoms with Gasteiger partial charge in [0.15, 0.2) is 10.8 Å². The molecule has 1 unspecified atom stereocenters. The van der Waals surface area contributed by atoms with Crippen LogP contribution in [0.25, 0.3) is 16.6 Å². The van der Waals surface area contributed by atoms with Crippen molar-refractivity contribution >= 4 is 39.9 Å². The molecule has 1 amide bonds. The van der Waals surface area contributed by atoms with Crippen LogP contribution in [0.2, 0.25) is 0 Å². The highest BCUT2D eigenvalue weighted by Crippen LogP contribution is 2.37. The monoisotopic (exact) mass is 452 g/mol. The number of nitrogens with one attached hydrogen (secondary N) is 1. The fraction of sp³-hybridized carbons (Fsp3) is 0.148. The minimum atomic E-state index is -0.487. The molecule has 164 valence electrons. The smallest absolute Gasteiger partial charge is 0.242 e. The van der Waals surface area contributed by atoms with Crippen molar-refractivity contribution in [3.63, 3.8) is 0 Å². The number of hydrogen-bond acceptors (Lipinski definition) is 4. The second kappa shape index (κ2) is 8.71. The van der Waals surface area contributed by atoms with Crippen LogP contribution < -0.4 is 5.32 Å². The third-order valence-corrected chi connectivity index (χ3v) is 6.99. The molecule has 0 saturated carbocycles. The Hall–Kier alpha value is -3.64. The highest BCUT2D eigenvalue weighted by molar-refractivity contribution is 8.00. The normalized spacial score (nSPS) is 12.2. The quantitative estimate of drug-likeness (QED) is 0.319. The molecule has 5 aromatic rings. The van der Waals surface area contributed by atoms with E-state index >= 15 is 0 Å². The van der Waals surface area contributed by atoms with Crippen LogP contribution in [-0.2, 0) is 4.79 Å². The van der Waals surface area contributed by atoms with Gasteiger partial charge in [-0.25, -0.2) is 0 Å². The van der Waals surface area contributed by atoms with Gasteiger partial charge in [-0.05, 0) is 61.2 Å². The molecule has 0 bridgehead atoms. The van der Waals surface area contributed by atoms with E-state index in [2.05, 4.69) is 34.6 Å². The first-order chi connectivity index (χ1) is 16.0. The zero-order valence-electron chi connectivity index (χ0n) is 18.7. The van der Waals surface area contributed by atoms with Gasteiger partial charge in [0.25, 0.3) is 0 Å². The number of rotatable bonds is 5. The molecule has 2 heterocycles. The maximum absolute atomic E-state index is 13.6. The molecule has 0 spiro atoms. The lowest BCUT2D eigenvalue weighted by Gasteiger charge is -2.18. The van der Waals surface area contributed by atoms with Crippen LogP contribution >= 0.6 is 11.8 Å². The van der Waals surface area contributed by atoms with Crippen LogP contribution in [0, 0.1) is 20.8 Å². The minimum absolute atomic E-state index is 0.0898. The molecule has 0 fully saturated rings. The van der Waals surface area contributed by atoms with E-state index in [1.807, 2.05) is 85.0 Å². The highest BCUT2D eigenvalue weighted by atomic mass is 32.2. The van der Waals surface area contributed by atoms with Gasteiger partial charge in [0.1, 0.15) is 5.25 Å². The SMILES string of the molecule is Cc1ccc(C)c(NC(=O)C(Sc2nnc3cc(C)c4ccccc4n23)c2ccccc2)c1. The lowest BCUT2D eigenvalue weighted by atomic mass is 10.1. The fourth-order valence-corrected chi connectivity index (χ4v) is 5.08. The Morgan fingerprint density at radius 3 is 2.45 bits per heavy atom. The molecule has 0 aliphatic rings. The summed E-state index contributed by atoms with van der Waals surface area (Å²) >= 11 is 1.41. The Balaban J connectivity index is 1.58. The molecule has 0 saturated heterocycles. The van der Waals surface area contributed by atoms with E-state index in [0.29, 0.717) is 5.16 Å². The molecule has 0 radical (unpaired) electrons. The second-order valence-electron chi connectivity index (χ2n) is 8.24. The number of aryl methyl sites for hydroxylation is 3. The average molecular weight is 453 g/mol. The van der Waals surface area contributed by atoms with E-state index in [1.165, 1.54) is 11.8 Å². The van der Waals surface area contributed by atoms with E-state index in [-0.39, 0.29) is 5.91 Å². The van der Waals surface area contributed by atoms with Crippen LogP contribution in [0.4, 0.5) is 5.69 Å². The molecule has 33 heavy (non-hydrogen) atoms. The van der Waals surface area contributed by atoms with Crippen LogP contribution in [-0.4, -0.2) is 20.5 Å². The summed E-state index contributed by atoms with van der Waals surface area (Å²) in [7, 11) is 0. The highest BCUT2D eigenvalue weighted by Gasteiger charge is 2.25. The Morgan fingerprint density at radius 1 is 0.879 bits per heavy atom. The topological polar surface area (TPSA) is 59.3 Å². The Kier molecular flexibility index (Phi) is 5.60. The molecule has 1 N–H and O–H groups in total. The van der Waals surface area contributed by atoms with Crippen molar-refractivity contribution in [3.05, 3.63) is 101 Å². The number of thioether (sulfide) groups is 1. The van der Waals surface area contributed by atoms with Crippen LogP contribution in [0.15, 0.2) is 84.0 Å². The second-order valence-corrected chi connectivity index (χ2v) is 9.31. The Labute approximate surface area is 196 Å². The third kappa shape index (κ3) is 4.10. The van der Waals surface area contributed by atoms with Gasteiger partial charge in [-0.1, -0.05) is 72.4 Å². The van der Waals surface area contributed by atoms with Gasteiger partial charge >= 0.3 is 0 Å². The number of benzene rings is 3. The summed E-state index contributed by atoms with van der Waals surface area (Å²) < 4.78 is 2.04. The van der Waals surface area contributed by atoms with E-state index < -0.39 is 5.25 Å². The van der Waals surface area contributed by atoms with Crippen LogP contribution in [0.1, 0.15) is 27.5 Å². The summed E-state index contributed by atoms with van der Waals surface area (Å²) in [6, 6.07) is 26.1. The molecule has 0 aliphatic heterocycles. The third-order valence-electron chi connectivity index (χ3n) is 5.79. The summed E-state index contributed by atoms with van der Waals surface area (Å²) in [5.74, 6) is -0.0898. The van der Waals surface area contributed by atoms with Crippen molar-refractivity contribution in [1.29, 1.82) is 0 Å². The predicted octanol–water partition coefficient (Wildman–Crippen LogP) is 6.28. The van der Waals surface area contributed by atoms with Gasteiger partial charge in [0.05, 0.1) is 5.52 Å². The van der Waals surface area contributed by atoms with Crippen molar-refractivity contribution in [2.24, 2.45) is 0 Å². The van der Waals surface area contributed by atoms with E-state index in [4.69, 9.17) is 0 Å². The van der Waals surface area contributed by atoms with Crippen LogP contribution in [0.5, 0.6) is 0 Å². The average Bonchev–Trinajstić information content (AvgIpc) is 3.23. The first-order valence-electron chi connectivity index (χ1n) is 10.8. The molecule has 5 rings (SSSR count). The molecular formula is C27H24N4OS. The molecule has 5 nitrogen and oxygen atoms in total. The number of carbonyl (C=O) groups excluding carboxylic acids is 1. The summed E-state index contributed by atoms with van der Waals surface area (Å²) in [5.41, 5.74) is 6.82. The van der Waals surface area contributed by atoms with Gasteiger partial charge in [-0.3, -0.25) is 9.20 Å². The largest absolute Gasteiger partial charge is 0.325 e. The molecular weight excluding hydrogens is 428 g/mol. The van der Waals surface area contributed by atoms with Gasteiger partial charge < -0.3 is 5.32 Å². The molecule has 3 aromatic carbocycles. The number of amides is 1. The first kappa shape index (κ1) is 21.2. The molecule has 0 aliphatic carbocycles. The Morgan fingerprint density at radius 2 is 1.64 bits per heavy atom. The van der Waals surface area contributed by atoms with Crippen molar-refractivity contribution in [1.82, 2.24) is 14.6 Å². The number of nitrogens with zero attached hydrogens (tertiary/aromatic N) is 3. The summed E-state index contributed by atoms with van der Waals surface area (Å²) in [4.78, 5) is 13.6. The lowest BCUT2D eigenvalue weighted by Crippen LogP contribution is -2.20. The maximum atomic E-state index is 13.6. The van der Waals surface area contributed by atoms with Gasteiger partial charge in [0.2, 0.25) is 5.91 Å². The summed E-state index contributed by atoms with van der Waals surface area (Å²) in [5, 5.41) is 13.4. The van der Waals surface area contributed by atoms with Gasteiger partial charge in [-0.15, -0.1) is 10.2 Å². The number of carbonyl (C=O) groups is 1. The standard InChI is InChI=1S/C27H24N4OS/c1-17-13-14-18(2)22(15-17)28-26(32)25(20-9-5-4-6-10-20)33-27-30-29-24-16-19(3)21-11-7-8-12-23(21)31(24)27/h4-16,25H,1-3H3,(H,28,32). The van der Waals surface area contributed by atoms with Crippen molar-refractivity contribution < 1.29 is 4.79 Å². The minimum Gasteiger partial charge on any atom is -0.325 e. The van der Waals surface area contributed by atoms with E-state index in [1.54, 1.807) is 0 Å². The van der Waals surface area contributed by atoms with E-state index in [9.17, 15) is 4.79 Å². The number of aromatic nitrogens is 3. The number of pyridine rings is 1. The maximum Gasteiger partial charge on any atom is 0.242 e. The number of anilines is 1. The molecule has 6 heteroatoms. The van der Waals surface area contributed by atoms with Crippen molar-refractivity contribution in [3.8, 4) is 0 Å². The lowest BCUT2D eigenvalue weighted by molar-refractivity contribution is -0.115. The fourth-order valence-electron chi connectivity index (χ4n) is 4.03. The zero-order valence-corrected chi connectivity index (χ0v) is 19.6. The number of fused-ring (bicyclic) bond motifs is 3. The van der Waals surface area contributed by atoms with Gasteiger partial charge in [0, 0.05) is 11.1 Å². The summed E-state index contributed by atoms with van der Waals surface area (Å²) in [6.07, 6.45) is 0.